The van der Waals surface area contributed by atoms with Crippen LogP contribution in [0.2, 0.25) is 0 Å². The number of carboxylic acids is 1. The van der Waals surface area contributed by atoms with Crippen LogP contribution in [-0.4, -0.2) is 34.6 Å². The third kappa shape index (κ3) is 3.29. The first-order chi connectivity index (χ1) is 10.1. The number of nitrogens with zero attached hydrogens (tertiary/aromatic N) is 1. The summed E-state index contributed by atoms with van der Waals surface area (Å²) in [7, 11) is 0. The molecule has 3 heteroatoms. The molecule has 1 aromatic rings. The lowest BCUT2D eigenvalue weighted by molar-refractivity contribution is -0.142. The molecule has 1 fully saturated rings. The molecule has 0 aliphatic heterocycles. The fourth-order valence-corrected chi connectivity index (χ4v) is 4.20. The van der Waals surface area contributed by atoms with Crippen molar-refractivity contribution in [1.82, 2.24) is 4.90 Å². The summed E-state index contributed by atoms with van der Waals surface area (Å²) >= 11 is 0. The standard InChI is InChI=1S/C18H27NO2/c1-3-19(4-2)18(14-17(20)21)13-9-8-12-16(18)15-10-6-5-7-11-15/h5-7,10-11,16H,3-4,8-9,12-14H2,1-2H3,(H,20,21). The highest BCUT2D eigenvalue weighted by Gasteiger charge is 2.46. The molecule has 2 unspecified atom stereocenters. The quantitative estimate of drug-likeness (QED) is 0.863. The van der Waals surface area contributed by atoms with Gasteiger partial charge in [0.2, 0.25) is 0 Å². The van der Waals surface area contributed by atoms with Crippen molar-refractivity contribution in [3.05, 3.63) is 35.9 Å². The number of hydrogen-bond donors (Lipinski definition) is 1. The number of aliphatic carboxylic acids is 1. The maximum Gasteiger partial charge on any atom is 0.305 e. The largest absolute Gasteiger partial charge is 0.481 e. The molecule has 0 saturated heterocycles. The van der Waals surface area contributed by atoms with Gasteiger partial charge in [-0.3, -0.25) is 9.69 Å². The Bertz CT molecular complexity index is 456. The van der Waals surface area contributed by atoms with E-state index in [4.69, 9.17) is 0 Å². The summed E-state index contributed by atoms with van der Waals surface area (Å²) in [6.07, 6.45) is 4.65. The van der Waals surface area contributed by atoms with E-state index >= 15 is 0 Å². The normalized spacial score (nSPS) is 26.0. The second-order valence-electron chi connectivity index (χ2n) is 6.06. The SMILES string of the molecule is CCN(CC)C1(CC(=O)O)CCCCC1c1ccccc1. The Hall–Kier alpha value is -1.35. The first kappa shape index (κ1) is 16.0. The molecule has 0 heterocycles. The topological polar surface area (TPSA) is 40.5 Å². The molecule has 1 aliphatic carbocycles. The molecule has 21 heavy (non-hydrogen) atoms. The van der Waals surface area contributed by atoms with Crippen LogP contribution in [0.25, 0.3) is 0 Å². The fourth-order valence-electron chi connectivity index (χ4n) is 4.20. The lowest BCUT2D eigenvalue weighted by atomic mass is 9.67. The Kier molecular flexibility index (Phi) is 5.40. The lowest BCUT2D eigenvalue weighted by Gasteiger charge is -2.51. The van der Waals surface area contributed by atoms with Gasteiger partial charge in [-0.25, -0.2) is 0 Å². The molecule has 1 N–H and O–H groups in total. The van der Waals surface area contributed by atoms with Gasteiger partial charge in [0, 0.05) is 11.5 Å². The van der Waals surface area contributed by atoms with Crippen molar-refractivity contribution >= 4 is 5.97 Å². The van der Waals surface area contributed by atoms with Gasteiger partial charge in [-0.2, -0.15) is 0 Å². The molecular formula is C18H27NO2. The van der Waals surface area contributed by atoms with Crippen LogP contribution in [0, 0.1) is 0 Å². The number of carbonyl (C=O) groups is 1. The summed E-state index contributed by atoms with van der Waals surface area (Å²) < 4.78 is 0. The first-order valence-electron chi connectivity index (χ1n) is 8.15. The Morgan fingerprint density at radius 2 is 1.90 bits per heavy atom. The average molecular weight is 289 g/mol. The fraction of sp³-hybridized carbons (Fsp3) is 0.611. The Morgan fingerprint density at radius 1 is 1.24 bits per heavy atom. The zero-order valence-corrected chi connectivity index (χ0v) is 13.2. The minimum absolute atomic E-state index is 0.227. The van der Waals surface area contributed by atoms with Crippen molar-refractivity contribution in [2.24, 2.45) is 0 Å². The van der Waals surface area contributed by atoms with Crippen molar-refractivity contribution in [3.63, 3.8) is 0 Å². The Labute approximate surface area is 128 Å². The molecule has 0 radical (unpaired) electrons. The summed E-state index contributed by atoms with van der Waals surface area (Å²) in [5.74, 6) is -0.354. The highest BCUT2D eigenvalue weighted by Crippen LogP contribution is 2.46. The smallest absolute Gasteiger partial charge is 0.305 e. The minimum atomic E-state index is -0.676. The van der Waals surface area contributed by atoms with Gasteiger partial charge in [0.15, 0.2) is 0 Å². The third-order valence-corrected chi connectivity index (χ3v) is 5.05. The Balaban J connectivity index is 2.44. The van der Waals surface area contributed by atoms with E-state index in [1.807, 2.05) is 6.07 Å². The highest BCUT2D eigenvalue weighted by molar-refractivity contribution is 5.69. The number of likely N-dealkylation sites (N-methyl/N-ethyl adjacent to an activating group) is 1. The summed E-state index contributed by atoms with van der Waals surface area (Å²) in [6, 6.07) is 10.5. The van der Waals surface area contributed by atoms with E-state index in [1.165, 1.54) is 12.0 Å². The van der Waals surface area contributed by atoms with Crippen LogP contribution in [-0.2, 0) is 4.79 Å². The van der Waals surface area contributed by atoms with Crippen LogP contribution in [0.5, 0.6) is 0 Å². The van der Waals surface area contributed by atoms with E-state index < -0.39 is 5.97 Å². The van der Waals surface area contributed by atoms with Gasteiger partial charge < -0.3 is 5.11 Å². The predicted molar refractivity (Wildman–Crippen MR) is 85.6 cm³/mol. The zero-order chi connectivity index (χ0) is 15.3. The number of hydrogen-bond acceptors (Lipinski definition) is 2. The van der Waals surface area contributed by atoms with Crippen molar-refractivity contribution in [2.45, 2.75) is 57.4 Å². The van der Waals surface area contributed by atoms with E-state index in [2.05, 4.69) is 43.0 Å². The van der Waals surface area contributed by atoms with Crippen LogP contribution in [0.1, 0.15) is 57.4 Å². The monoisotopic (exact) mass is 289 g/mol. The molecule has 3 nitrogen and oxygen atoms in total. The molecule has 1 aliphatic rings. The zero-order valence-electron chi connectivity index (χ0n) is 13.2. The van der Waals surface area contributed by atoms with Gasteiger partial charge in [-0.1, -0.05) is 57.0 Å². The van der Waals surface area contributed by atoms with Gasteiger partial charge in [0.25, 0.3) is 0 Å². The molecule has 0 bridgehead atoms. The van der Waals surface area contributed by atoms with Gasteiger partial charge in [0.05, 0.1) is 6.42 Å². The maximum absolute atomic E-state index is 11.6. The molecule has 0 spiro atoms. The lowest BCUT2D eigenvalue weighted by Crippen LogP contribution is -2.55. The predicted octanol–water partition coefficient (Wildman–Crippen LogP) is 3.90. The van der Waals surface area contributed by atoms with Crippen LogP contribution < -0.4 is 0 Å². The van der Waals surface area contributed by atoms with Crippen LogP contribution in [0.15, 0.2) is 30.3 Å². The van der Waals surface area contributed by atoms with Crippen molar-refractivity contribution in [1.29, 1.82) is 0 Å². The first-order valence-corrected chi connectivity index (χ1v) is 8.15. The summed E-state index contributed by atoms with van der Waals surface area (Å²) in [5.41, 5.74) is 1.07. The summed E-state index contributed by atoms with van der Waals surface area (Å²) in [5, 5.41) is 9.51. The molecule has 0 aromatic heterocycles. The van der Waals surface area contributed by atoms with Gasteiger partial charge in [-0.05, 0) is 31.5 Å². The van der Waals surface area contributed by atoms with E-state index in [1.54, 1.807) is 0 Å². The highest BCUT2D eigenvalue weighted by atomic mass is 16.4. The van der Waals surface area contributed by atoms with E-state index in [0.717, 1.165) is 32.4 Å². The average Bonchev–Trinajstić information content (AvgIpc) is 2.49. The third-order valence-electron chi connectivity index (χ3n) is 5.05. The van der Waals surface area contributed by atoms with Crippen molar-refractivity contribution in [2.75, 3.05) is 13.1 Å². The Morgan fingerprint density at radius 3 is 2.48 bits per heavy atom. The van der Waals surface area contributed by atoms with E-state index in [9.17, 15) is 9.90 Å². The van der Waals surface area contributed by atoms with Crippen LogP contribution in [0.4, 0.5) is 0 Å². The molecule has 116 valence electrons. The molecule has 0 amide bonds. The molecule has 1 saturated carbocycles. The number of rotatable bonds is 6. The molecular weight excluding hydrogens is 262 g/mol. The summed E-state index contributed by atoms with van der Waals surface area (Å²) in [4.78, 5) is 13.9. The number of benzene rings is 1. The van der Waals surface area contributed by atoms with Crippen LogP contribution >= 0.6 is 0 Å². The van der Waals surface area contributed by atoms with Crippen molar-refractivity contribution < 1.29 is 9.90 Å². The van der Waals surface area contributed by atoms with Gasteiger partial charge in [0.1, 0.15) is 0 Å². The van der Waals surface area contributed by atoms with Crippen molar-refractivity contribution in [3.8, 4) is 0 Å². The second kappa shape index (κ2) is 7.08. The minimum Gasteiger partial charge on any atom is -0.481 e. The second-order valence-corrected chi connectivity index (χ2v) is 6.06. The van der Waals surface area contributed by atoms with E-state index in [-0.39, 0.29) is 12.0 Å². The van der Waals surface area contributed by atoms with Crippen LogP contribution in [0.3, 0.4) is 0 Å². The maximum atomic E-state index is 11.6. The summed E-state index contributed by atoms with van der Waals surface area (Å²) in [6.45, 7) is 6.10. The molecule has 1 aromatic carbocycles. The van der Waals surface area contributed by atoms with E-state index in [0.29, 0.717) is 5.92 Å². The van der Waals surface area contributed by atoms with Gasteiger partial charge >= 0.3 is 5.97 Å². The van der Waals surface area contributed by atoms with Gasteiger partial charge in [-0.15, -0.1) is 0 Å². The molecule has 2 atom stereocenters. The molecule has 2 rings (SSSR count). The number of carboxylic acid groups (broad SMARTS) is 1.